The summed E-state index contributed by atoms with van der Waals surface area (Å²) in [6, 6.07) is 2.33. The highest BCUT2D eigenvalue weighted by Crippen LogP contribution is 2.10. The Morgan fingerprint density at radius 2 is 2.29 bits per heavy atom. The van der Waals surface area contributed by atoms with E-state index in [9.17, 15) is 14.7 Å². The molecule has 0 amide bonds. The van der Waals surface area contributed by atoms with Gasteiger partial charge >= 0.3 is 5.97 Å². The molecule has 76 valence electrons. The van der Waals surface area contributed by atoms with Crippen LogP contribution in [0.2, 0.25) is 0 Å². The summed E-state index contributed by atoms with van der Waals surface area (Å²) in [5.74, 6) is -0.884. The minimum atomic E-state index is -0.641. The van der Waals surface area contributed by atoms with E-state index < -0.39 is 11.5 Å². The summed E-state index contributed by atoms with van der Waals surface area (Å²) < 4.78 is 5.87. The molecular weight excluding hydrogens is 301 g/mol. The van der Waals surface area contributed by atoms with E-state index in [0.717, 1.165) is 10.6 Å². The lowest BCUT2D eigenvalue weighted by Gasteiger charge is -2.05. The van der Waals surface area contributed by atoms with Gasteiger partial charge in [0.15, 0.2) is 5.88 Å². The first kappa shape index (κ1) is 11.0. The zero-order valence-corrected chi connectivity index (χ0v) is 9.52. The van der Waals surface area contributed by atoms with Gasteiger partial charge in [0.05, 0.1) is 17.2 Å². The van der Waals surface area contributed by atoms with E-state index >= 15 is 0 Å². The first-order valence-corrected chi connectivity index (χ1v) is 5.21. The molecule has 0 atom stereocenters. The number of hydrogen-bond acceptors (Lipinski definition) is 4. The van der Waals surface area contributed by atoms with Crippen molar-refractivity contribution < 1.29 is 14.6 Å². The minimum Gasteiger partial charge on any atom is -0.494 e. The molecular formula is C8H8INO4. The summed E-state index contributed by atoms with van der Waals surface area (Å²) in [7, 11) is 1.21. The summed E-state index contributed by atoms with van der Waals surface area (Å²) in [6.07, 6.45) is 0. The molecule has 1 heterocycles. The number of pyridine rings is 1. The molecule has 1 N–H and O–H groups in total. The number of aromatic hydroxyl groups is 1. The number of methoxy groups -OCH3 is 1. The molecule has 0 aliphatic heterocycles. The van der Waals surface area contributed by atoms with E-state index in [0.29, 0.717) is 4.55 Å². The molecule has 0 aliphatic carbocycles. The third-order valence-corrected chi connectivity index (χ3v) is 2.33. The second-order valence-corrected chi connectivity index (χ2v) is 3.16. The van der Waals surface area contributed by atoms with Crippen LogP contribution in [0.15, 0.2) is 16.9 Å². The molecule has 0 unspecified atom stereocenters. The monoisotopic (exact) mass is 309 g/mol. The van der Waals surface area contributed by atoms with Gasteiger partial charge < -0.3 is 9.84 Å². The maximum atomic E-state index is 11.3. The van der Waals surface area contributed by atoms with Crippen LogP contribution in [0.1, 0.15) is 10.4 Å². The Labute approximate surface area is 93.4 Å². The maximum Gasteiger partial charge on any atom is 0.338 e. The molecule has 0 fully saturated rings. The van der Waals surface area contributed by atoms with Gasteiger partial charge in [-0.2, -0.15) is 0 Å². The second-order valence-electron chi connectivity index (χ2n) is 2.48. The van der Waals surface area contributed by atoms with E-state index in [1.54, 1.807) is 0 Å². The summed E-state index contributed by atoms with van der Waals surface area (Å²) >= 11 is 1.93. The number of nitrogens with zero attached hydrogens (tertiary/aromatic N) is 1. The van der Waals surface area contributed by atoms with Crippen molar-refractivity contribution in [3.63, 3.8) is 0 Å². The molecule has 0 saturated heterocycles. The molecule has 6 heteroatoms. The van der Waals surface area contributed by atoms with Crippen LogP contribution in [0, 0.1) is 0 Å². The number of hydrogen-bond donors (Lipinski definition) is 1. The van der Waals surface area contributed by atoms with Crippen molar-refractivity contribution in [1.82, 2.24) is 4.57 Å². The highest BCUT2D eigenvalue weighted by Gasteiger charge is 2.10. The van der Waals surface area contributed by atoms with Crippen LogP contribution in [0.3, 0.4) is 0 Å². The summed E-state index contributed by atoms with van der Waals surface area (Å²) in [6.45, 7) is 0. The van der Waals surface area contributed by atoms with Crippen molar-refractivity contribution in [2.45, 2.75) is 4.55 Å². The Bertz CT molecular complexity index is 412. The van der Waals surface area contributed by atoms with E-state index in [2.05, 4.69) is 4.74 Å². The molecule has 0 saturated carbocycles. The Morgan fingerprint density at radius 3 is 2.71 bits per heavy atom. The van der Waals surface area contributed by atoms with E-state index in [1.165, 1.54) is 13.2 Å². The topological polar surface area (TPSA) is 68.5 Å². The molecule has 0 bridgehead atoms. The van der Waals surface area contributed by atoms with Crippen molar-refractivity contribution in [1.29, 1.82) is 0 Å². The Balaban J connectivity index is 3.28. The predicted octanol–water partition coefficient (Wildman–Crippen LogP) is 0.733. The van der Waals surface area contributed by atoms with Crippen molar-refractivity contribution in [2.75, 3.05) is 7.11 Å². The van der Waals surface area contributed by atoms with Gasteiger partial charge in [-0.25, -0.2) is 4.79 Å². The van der Waals surface area contributed by atoms with E-state index in [-0.39, 0.29) is 11.4 Å². The fourth-order valence-electron chi connectivity index (χ4n) is 0.938. The van der Waals surface area contributed by atoms with Gasteiger partial charge in [-0.05, 0) is 0 Å². The maximum absolute atomic E-state index is 11.3. The van der Waals surface area contributed by atoms with Gasteiger partial charge in [-0.15, -0.1) is 0 Å². The Hall–Kier alpha value is -1.05. The number of alkyl halides is 1. The molecule has 1 rings (SSSR count). The SMILES string of the molecule is COC(=O)c1cc(O)n(CI)c(=O)c1. The average molecular weight is 309 g/mol. The second kappa shape index (κ2) is 4.45. The molecule has 5 nitrogen and oxygen atoms in total. The number of carbonyl (C=O) groups excluding carboxylic acids is 1. The van der Waals surface area contributed by atoms with Crippen LogP contribution in [0.5, 0.6) is 5.88 Å². The molecule has 0 aromatic carbocycles. The minimum absolute atomic E-state index is 0.0519. The number of ether oxygens (including phenoxy) is 1. The third kappa shape index (κ3) is 2.06. The Morgan fingerprint density at radius 1 is 1.64 bits per heavy atom. The van der Waals surface area contributed by atoms with Crippen molar-refractivity contribution >= 4 is 28.6 Å². The van der Waals surface area contributed by atoms with Gasteiger partial charge in [-0.1, -0.05) is 22.6 Å². The molecule has 0 radical (unpaired) electrons. The quantitative estimate of drug-likeness (QED) is 0.497. The van der Waals surface area contributed by atoms with Crippen LogP contribution in [-0.2, 0) is 9.29 Å². The van der Waals surface area contributed by atoms with Gasteiger partial charge in [0, 0.05) is 12.1 Å². The van der Waals surface area contributed by atoms with E-state index in [4.69, 9.17) is 0 Å². The van der Waals surface area contributed by atoms with Crippen molar-refractivity contribution in [3.05, 3.63) is 28.0 Å². The van der Waals surface area contributed by atoms with Gasteiger partial charge in [0.25, 0.3) is 5.56 Å². The molecule has 0 aliphatic rings. The molecule has 0 spiro atoms. The molecule has 1 aromatic heterocycles. The fraction of sp³-hybridized carbons (Fsp3) is 0.250. The standard InChI is InChI=1S/C8H8INO4/c1-14-8(13)5-2-6(11)10(4-9)7(12)3-5/h2-3,11H,4H2,1H3. The number of rotatable bonds is 2. The molecule has 1 aromatic rings. The summed E-state index contributed by atoms with van der Waals surface area (Å²) in [5, 5.41) is 9.37. The zero-order chi connectivity index (χ0) is 10.7. The summed E-state index contributed by atoms with van der Waals surface area (Å²) in [5.41, 5.74) is -0.379. The van der Waals surface area contributed by atoms with Crippen molar-refractivity contribution in [3.8, 4) is 5.88 Å². The van der Waals surface area contributed by atoms with Gasteiger partial charge in [-0.3, -0.25) is 9.36 Å². The number of carbonyl (C=O) groups is 1. The van der Waals surface area contributed by atoms with E-state index in [1.807, 2.05) is 22.6 Å². The lowest BCUT2D eigenvalue weighted by molar-refractivity contribution is 0.0599. The van der Waals surface area contributed by atoms with Crippen LogP contribution in [0.4, 0.5) is 0 Å². The number of esters is 1. The smallest absolute Gasteiger partial charge is 0.338 e. The van der Waals surface area contributed by atoms with Crippen LogP contribution in [0.25, 0.3) is 0 Å². The number of halogens is 1. The largest absolute Gasteiger partial charge is 0.494 e. The summed E-state index contributed by atoms with van der Waals surface area (Å²) in [4.78, 5) is 22.3. The average Bonchev–Trinajstić information content (AvgIpc) is 2.16. The Kier molecular flexibility index (Phi) is 3.50. The predicted molar refractivity (Wildman–Crippen MR) is 57.7 cm³/mol. The number of aromatic nitrogens is 1. The normalized spacial score (nSPS) is 9.86. The third-order valence-electron chi connectivity index (χ3n) is 1.65. The lowest BCUT2D eigenvalue weighted by atomic mass is 10.2. The van der Waals surface area contributed by atoms with Crippen LogP contribution in [-0.4, -0.2) is 22.8 Å². The van der Waals surface area contributed by atoms with Gasteiger partial charge in [0.2, 0.25) is 0 Å². The first-order valence-electron chi connectivity index (χ1n) is 3.68. The highest BCUT2D eigenvalue weighted by atomic mass is 127. The molecule has 14 heavy (non-hydrogen) atoms. The van der Waals surface area contributed by atoms with Crippen LogP contribution < -0.4 is 5.56 Å². The lowest BCUT2D eigenvalue weighted by Crippen LogP contribution is -2.19. The van der Waals surface area contributed by atoms with Crippen molar-refractivity contribution in [2.24, 2.45) is 0 Å². The van der Waals surface area contributed by atoms with Crippen LogP contribution >= 0.6 is 22.6 Å². The van der Waals surface area contributed by atoms with Gasteiger partial charge in [0.1, 0.15) is 0 Å². The highest BCUT2D eigenvalue weighted by molar-refractivity contribution is 14.1. The first-order chi connectivity index (χ1) is 6.60. The fourth-order valence-corrected chi connectivity index (χ4v) is 1.62. The zero-order valence-electron chi connectivity index (χ0n) is 7.36.